The Hall–Kier alpha value is -2.74. The van der Waals surface area contributed by atoms with E-state index in [1.165, 1.54) is 0 Å². The third-order valence-electron chi connectivity index (χ3n) is 5.60. The molecule has 1 aromatic heterocycles. The zero-order valence-electron chi connectivity index (χ0n) is 15.8. The molecule has 1 heterocycles. The summed E-state index contributed by atoms with van der Waals surface area (Å²) in [6, 6.07) is 6.28. The molecule has 1 fully saturated rings. The van der Waals surface area contributed by atoms with E-state index < -0.39 is 34.7 Å². The quantitative estimate of drug-likeness (QED) is 0.566. The van der Waals surface area contributed by atoms with Gasteiger partial charge in [0, 0.05) is 23.2 Å². The summed E-state index contributed by atoms with van der Waals surface area (Å²) in [6.45, 7) is 0.270. The van der Waals surface area contributed by atoms with Crippen LogP contribution in [0.3, 0.4) is 0 Å². The summed E-state index contributed by atoms with van der Waals surface area (Å²) in [5, 5.41) is 17.8. The highest BCUT2D eigenvalue weighted by Gasteiger charge is 2.26. The van der Waals surface area contributed by atoms with Gasteiger partial charge in [0.15, 0.2) is 17.4 Å². The van der Waals surface area contributed by atoms with Gasteiger partial charge in [-0.2, -0.15) is 9.49 Å². The summed E-state index contributed by atoms with van der Waals surface area (Å²) in [7, 11) is 0. The van der Waals surface area contributed by atoms with Crippen molar-refractivity contribution in [1.29, 1.82) is 0 Å². The third-order valence-corrected chi connectivity index (χ3v) is 5.84. The molecule has 0 bridgehead atoms. The smallest absolute Gasteiger partial charge is 0.254 e. The average molecular weight is 438 g/mol. The van der Waals surface area contributed by atoms with Gasteiger partial charge in [-0.05, 0) is 55.9 Å². The number of phenols is 1. The molecule has 3 aromatic rings. The fraction of sp³-hybridized carbons (Fsp3) is 0.333. The highest BCUT2D eigenvalue weighted by molar-refractivity contribution is 6.31. The van der Waals surface area contributed by atoms with Gasteiger partial charge in [0.2, 0.25) is 5.82 Å². The zero-order valence-corrected chi connectivity index (χ0v) is 16.6. The van der Waals surface area contributed by atoms with Crippen LogP contribution in [0.25, 0.3) is 10.9 Å². The van der Waals surface area contributed by atoms with Crippen molar-refractivity contribution in [3.05, 3.63) is 58.5 Å². The summed E-state index contributed by atoms with van der Waals surface area (Å²) in [4.78, 5) is 12.1. The van der Waals surface area contributed by atoms with E-state index in [4.69, 9.17) is 16.7 Å². The van der Waals surface area contributed by atoms with Crippen molar-refractivity contribution >= 4 is 28.4 Å². The van der Waals surface area contributed by atoms with Crippen LogP contribution in [0, 0.1) is 23.4 Å². The molecule has 158 valence electrons. The molecule has 1 saturated carbocycles. The average Bonchev–Trinajstić information content (AvgIpc) is 3.16. The number of hydrogen-bond acceptors (Lipinski definition) is 3. The summed E-state index contributed by atoms with van der Waals surface area (Å²) >= 11 is 6.02. The van der Waals surface area contributed by atoms with Crippen LogP contribution >= 0.6 is 11.6 Å². The molecular formula is C21H19ClF3N3O2. The number of carbonyl (C=O) groups is 1. The fourth-order valence-corrected chi connectivity index (χ4v) is 4.08. The number of nitrogens with one attached hydrogen (secondary N) is 1. The molecule has 0 unspecified atom stereocenters. The van der Waals surface area contributed by atoms with Gasteiger partial charge in [0.25, 0.3) is 5.91 Å². The van der Waals surface area contributed by atoms with E-state index in [0.717, 1.165) is 36.6 Å². The minimum absolute atomic E-state index is 0.166. The van der Waals surface area contributed by atoms with Gasteiger partial charge in [0.05, 0.1) is 17.1 Å². The van der Waals surface area contributed by atoms with Gasteiger partial charge < -0.3 is 10.4 Å². The lowest BCUT2D eigenvalue weighted by molar-refractivity contribution is 0.0935. The maximum atomic E-state index is 13.8. The monoisotopic (exact) mass is 437 g/mol. The molecule has 2 N–H and O–H groups in total. The first-order valence-corrected chi connectivity index (χ1v) is 10.0. The number of amides is 1. The summed E-state index contributed by atoms with van der Waals surface area (Å²) < 4.78 is 42.7. The number of hydrogen-bond donors (Lipinski definition) is 2. The molecule has 1 aliphatic carbocycles. The maximum absolute atomic E-state index is 13.8. The van der Waals surface area contributed by atoms with Crippen molar-refractivity contribution < 1.29 is 23.1 Å². The zero-order chi connectivity index (χ0) is 21.4. The Bertz CT molecular complexity index is 1110. The Morgan fingerprint density at radius 2 is 1.90 bits per heavy atom. The van der Waals surface area contributed by atoms with E-state index in [9.17, 15) is 18.0 Å². The van der Waals surface area contributed by atoms with Gasteiger partial charge >= 0.3 is 0 Å². The number of nitrogens with zero attached hydrogens (tertiary/aromatic N) is 2. The van der Waals surface area contributed by atoms with Crippen molar-refractivity contribution in [3.63, 3.8) is 0 Å². The predicted molar refractivity (Wildman–Crippen MR) is 106 cm³/mol. The van der Waals surface area contributed by atoms with Gasteiger partial charge in [-0.3, -0.25) is 9.48 Å². The Morgan fingerprint density at radius 1 is 1.17 bits per heavy atom. The van der Waals surface area contributed by atoms with Gasteiger partial charge in [-0.1, -0.05) is 11.6 Å². The molecule has 0 aliphatic heterocycles. The fourth-order valence-electron chi connectivity index (χ4n) is 3.90. The molecule has 9 heteroatoms. The Morgan fingerprint density at radius 3 is 2.63 bits per heavy atom. The lowest BCUT2D eigenvalue weighted by atomic mass is 9.86. The predicted octanol–water partition coefficient (Wildman–Crippen LogP) is 4.97. The third kappa shape index (κ3) is 3.96. The second-order valence-electron chi connectivity index (χ2n) is 7.58. The topological polar surface area (TPSA) is 67.2 Å². The first kappa shape index (κ1) is 20.5. The van der Waals surface area contributed by atoms with Crippen LogP contribution in [0.5, 0.6) is 5.75 Å². The Balaban J connectivity index is 1.34. The van der Waals surface area contributed by atoms with Crippen LogP contribution in [0.1, 0.15) is 42.1 Å². The molecule has 0 spiro atoms. The normalized spacial score (nSPS) is 19.2. The first-order valence-electron chi connectivity index (χ1n) is 9.62. The minimum atomic E-state index is -1.77. The number of phenolic OH excluding ortho intramolecular Hbond substituents is 1. The summed E-state index contributed by atoms with van der Waals surface area (Å²) in [5.41, 5.74) is 0.113. The second-order valence-corrected chi connectivity index (χ2v) is 8.02. The SMILES string of the molecule is O=C(NCC1CCC(n2cc3cc(Cl)ccc3n2)CC1)c1cc(F)c(O)c(F)c1F. The lowest BCUT2D eigenvalue weighted by Gasteiger charge is -2.28. The van der Waals surface area contributed by atoms with E-state index in [0.29, 0.717) is 11.1 Å². The number of benzene rings is 2. The molecule has 1 amide bonds. The van der Waals surface area contributed by atoms with Crippen LogP contribution in [0.2, 0.25) is 5.02 Å². The molecule has 30 heavy (non-hydrogen) atoms. The first-order chi connectivity index (χ1) is 14.3. The Labute approximate surface area is 175 Å². The second kappa shape index (κ2) is 8.18. The minimum Gasteiger partial charge on any atom is -0.503 e. The summed E-state index contributed by atoms with van der Waals surface area (Å²) in [6.07, 6.45) is 5.34. The van der Waals surface area contributed by atoms with Crippen molar-refractivity contribution in [3.8, 4) is 5.75 Å². The molecule has 2 aromatic carbocycles. The summed E-state index contributed by atoms with van der Waals surface area (Å²) in [5.74, 6) is -6.90. The van der Waals surface area contributed by atoms with Crippen LogP contribution in [0.15, 0.2) is 30.5 Å². The van der Waals surface area contributed by atoms with Gasteiger partial charge in [-0.25, -0.2) is 8.78 Å². The standard InChI is InChI=1S/C21H19ClF3N3O2/c22-13-3-6-17-12(7-13)10-28(27-17)14-4-1-11(2-5-14)9-26-21(30)15-8-16(23)20(29)19(25)18(15)24/h3,6-8,10-11,14,29H,1-2,4-5,9H2,(H,26,30). The Kier molecular flexibility index (Phi) is 5.60. The van der Waals surface area contributed by atoms with Crippen molar-refractivity contribution in [2.24, 2.45) is 5.92 Å². The van der Waals surface area contributed by atoms with Crippen molar-refractivity contribution in [2.75, 3.05) is 6.54 Å². The number of aromatic hydroxyl groups is 1. The van der Waals surface area contributed by atoms with Crippen LogP contribution < -0.4 is 5.32 Å². The van der Waals surface area contributed by atoms with Crippen LogP contribution in [-0.2, 0) is 0 Å². The maximum Gasteiger partial charge on any atom is 0.254 e. The van der Waals surface area contributed by atoms with E-state index in [-0.39, 0.29) is 18.5 Å². The molecule has 5 nitrogen and oxygen atoms in total. The molecule has 1 aliphatic rings. The van der Waals surface area contributed by atoms with Crippen LogP contribution in [0.4, 0.5) is 13.2 Å². The molecule has 0 saturated heterocycles. The molecule has 4 rings (SSSR count). The van der Waals surface area contributed by atoms with Gasteiger partial charge in [0.1, 0.15) is 0 Å². The number of rotatable bonds is 4. The molecule has 0 radical (unpaired) electrons. The molecule has 0 atom stereocenters. The molecular weight excluding hydrogens is 419 g/mol. The van der Waals surface area contributed by atoms with E-state index in [1.54, 1.807) is 6.07 Å². The van der Waals surface area contributed by atoms with Crippen molar-refractivity contribution in [1.82, 2.24) is 15.1 Å². The van der Waals surface area contributed by atoms with E-state index in [2.05, 4.69) is 10.4 Å². The lowest BCUT2D eigenvalue weighted by Crippen LogP contribution is -2.32. The van der Waals surface area contributed by atoms with Crippen molar-refractivity contribution in [2.45, 2.75) is 31.7 Å². The number of halogens is 4. The largest absolute Gasteiger partial charge is 0.503 e. The van der Waals surface area contributed by atoms with E-state index >= 15 is 0 Å². The number of fused-ring (bicyclic) bond motifs is 1. The number of carbonyl (C=O) groups excluding carboxylic acids is 1. The number of aromatic nitrogens is 2. The highest BCUT2D eigenvalue weighted by atomic mass is 35.5. The van der Waals surface area contributed by atoms with E-state index in [1.807, 2.05) is 23.0 Å². The van der Waals surface area contributed by atoms with Crippen LogP contribution in [-0.4, -0.2) is 27.3 Å². The highest BCUT2D eigenvalue weighted by Crippen LogP contribution is 2.33. The van der Waals surface area contributed by atoms with Gasteiger partial charge in [-0.15, -0.1) is 0 Å².